The van der Waals surface area contributed by atoms with E-state index in [0.717, 1.165) is 31.6 Å². The number of rotatable bonds is 6. The minimum absolute atomic E-state index is 0.0619. The summed E-state index contributed by atoms with van der Waals surface area (Å²) in [5.74, 6) is 1.06. The van der Waals surface area contributed by atoms with Crippen LogP contribution in [0.3, 0.4) is 0 Å². The molecule has 2 rings (SSSR count). The molecule has 1 aromatic carbocycles. The van der Waals surface area contributed by atoms with Crippen molar-refractivity contribution < 1.29 is 9.53 Å². The van der Waals surface area contributed by atoms with Crippen LogP contribution < -0.4 is 10.1 Å². The summed E-state index contributed by atoms with van der Waals surface area (Å²) in [6, 6.07) is 8.16. The Labute approximate surface area is 127 Å². The van der Waals surface area contributed by atoms with Crippen molar-refractivity contribution in [2.75, 3.05) is 20.1 Å². The molecule has 0 saturated carbocycles. The molecule has 0 radical (unpaired) electrons. The van der Waals surface area contributed by atoms with E-state index < -0.39 is 0 Å². The van der Waals surface area contributed by atoms with Crippen LogP contribution in [0.15, 0.2) is 24.3 Å². The number of amides is 1. The number of likely N-dealkylation sites (tertiary alicyclic amines) is 1. The van der Waals surface area contributed by atoms with E-state index in [-0.39, 0.29) is 18.1 Å². The molecule has 1 aliphatic heterocycles. The average Bonchev–Trinajstić information content (AvgIpc) is 2.86. The van der Waals surface area contributed by atoms with E-state index in [1.165, 1.54) is 5.56 Å². The molecule has 1 aromatic rings. The van der Waals surface area contributed by atoms with Gasteiger partial charge in [-0.15, -0.1) is 0 Å². The van der Waals surface area contributed by atoms with Crippen LogP contribution in [0.2, 0.25) is 0 Å². The molecule has 4 heteroatoms. The van der Waals surface area contributed by atoms with Gasteiger partial charge in [0.05, 0.1) is 12.1 Å². The van der Waals surface area contributed by atoms with Gasteiger partial charge in [0.15, 0.2) is 0 Å². The molecule has 0 aliphatic carbocycles. The maximum absolute atomic E-state index is 12.0. The number of benzene rings is 1. The second-order valence-electron chi connectivity index (χ2n) is 5.99. The first-order valence-electron chi connectivity index (χ1n) is 7.80. The third-order valence-corrected chi connectivity index (χ3v) is 3.83. The third-order valence-electron chi connectivity index (χ3n) is 3.83. The van der Waals surface area contributed by atoms with Gasteiger partial charge in [-0.25, -0.2) is 0 Å². The zero-order valence-corrected chi connectivity index (χ0v) is 13.3. The first-order valence-corrected chi connectivity index (χ1v) is 7.80. The van der Waals surface area contributed by atoms with Crippen LogP contribution in [0, 0.1) is 0 Å². The number of hydrogen-bond donors (Lipinski definition) is 1. The van der Waals surface area contributed by atoms with Crippen molar-refractivity contribution >= 4 is 5.91 Å². The quantitative estimate of drug-likeness (QED) is 0.873. The fraction of sp³-hybridized carbons (Fsp3) is 0.588. The van der Waals surface area contributed by atoms with Gasteiger partial charge in [-0.05, 0) is 64.4 Å². The van der Waals surface area contributed by atoms with Gasteiger partial charge in [0.2, 0.25) is 5.91 Å². The molecule has 0 bridgehead atoms. The fourth-order valence-corrected chi connectivity index (χ4v) is 2.70. The van der Waals surface area contributed by atoms with E-state index in [2.05, 4.69) is 22.3 Å². The first kappa shape index (κ1) is 15.8. The second kappa shape index (κ2) is 7.46. The van der Waals surface area contributed by atoms with Crippen LogP contribution in [0.25, 0.3) is 0 Å². The van der Waals surface area contributed by atoms with Gasteiger partial charge in [-0.2, -0.15) is 0 Å². The molecule has 0 unspecified atom stereocenters. The SMILES string of the molecule is CC(C)Oc1ccc(CCNC(=O)[C@H]2CCCN2C)cc1. The van der Waals surface area contributed by atoms with Crippen LogP contribution in [-0.4, -0.2) is 43.1 Å². The van der Waals surface area contributed by atoms with Crippen molar-refractivity contribution in [1.82, 2.24) is 10.2 Å². The normalized spacial score (nSPS) is 19.0. The van der Waals surface area contributed by atoms with Gasteiger partial charge in [0, 0.05) is 6.54 Å². The zero-order valence-electron chi connectivity index (χ0n) is 13.3. The van der Waals surface area contributed by atoms with E-state index >= 15 is 0 Å². The summed E-state index contributed by atoms with van der Waals surface area (Å²) in [7, 11) is 2.02. The van der Waals surface area contributed by atoms with Gasteiger partial charge in [-0.1, -0.05) is 12.1 Å². The topological polar surface area (TPSA) is 41.6 Å². The number of ether oxygens (including phenoxy) is 1. The van der Waals surface area contributed by atoms with E-state index in [9.17, 15) is 4.79 Å². The second-order valence-corrected chi connectivity index (χ2v) is 5.99. The minimum Gasteiger partial charge on any atom is -0.491 e. The van der Waals surface area contributed by atoms with E-state index in [4.69, 9.17) is 4.74 Å². The molecule has 0 spiro atoms. The Kier molecular flexibility index (Phi) is 5.62. The summed E-state index contributed by atoms with van der Waals surface area (Å²) in [6.07, 6.45) is 3.14. The summed E-state index contributed by atoms with van der Waals surface area (Å²) in [5, 5.41) is 3.04. The van der Waals surface area contributed by atoms with Gasteiger partial charge >= 0.3 is 0 Å². The molecule has 116 valence electrons. The monoisotopic (exact) mass is 290 g/mol. The van der Waals surface area contributed by atoms with Crippen LogP contribution >= 0.6 is 0 Å². The predicted molar refractivity (Wildman–Crippen MR) is 84.6 cm³/mol. The fourth-order valence-electron chi connectivity index (χ4n) is 2.70. The molecule has 4 nitrogen and oxygen atoms in total. The van der Waals surface area contributed by atoms with Crippen molar-refractivity contribution in [2.24, 2.45) is 0 Å². The van der Waals surface area contributed by atoms with Crippen LogP contribution in [0.5, 0.6) is 5.75 Å². The smallest absolute Gasteiger partial charge is 0.237 e. The van der Waals surface area contributed by atoms with Gasteiger partial charge in [0.1, 0.15) is 5.75 Å². The molecular formula is C17H26N2O2. The van der Waals surface area contributed by atoms with E-state index in [1.54, 1.807) is 0 Å². The number of carbonyl (C=O) groups excluding carboxylic acids is 1. The highest BCUT2D eigenvalue weighted by molar-refractivity contribution is 5.81. The largest absolute Gasteiger partial charge is 0.491 e. The maximum Gasteiger partial charge on any atom is 0.237 e. The molecule has 1 atom stereocenters. The molecule has 1 N–H and O–H groups in total. The molecule has 1 aliphatic rings. The first-order chi connectivity index (χ1) is 10.1. The number of carbonyl (C=O) groups is 1. The maximum atomic E-state index is 12.0. The minimum atomic E-state index is 0.0619. The van der Waals surface area contributed by atoms with Gasteiger partial charge < -0.3 is 10.1 Å². The number of nitrogens with one attached hydrogen (secondary N) is 1. The third kappa shape index (κ3) is 4.74. The lowest BCUT2D eigenvalue weighted by Crippen LogP contribution is -2.42. The van der Waals surface area contributed by atoms with Crippen molar-refractivity contribution in [3.05, 3.63) is 29.8 Å². The Hall–Kier alpha value is -1.55. The highest BCUT2D eigenvalue weighted by Gasteiger charge is 2.27. The Morgan fingerprint density at radius 3 is 2.67 bits per heavy atom. The van der Waals surface area contributed by atoms with E-state index in [1.807, 2.05) is 33.0 Å². The van der Waals surface area contributed by atoms with Crippen molar-refractivity contribution in [1.29, 1.82) is 0 Å². The molecular weight excluding hydrogens is 264 g/mol. The predicted octanol–water partition coefficient (Wildman–Crippen LogP) is 2.23. The Morgan fingerprint density at radius 1 is 1.38 bits per heavy atom. The molecule has 1 fully saturated rings. The average molecular weight is 290 g/mol. The van der Waals surface area contributed by atoms with Crippen molar-refractivity contribution in [3.63, 3.8) is 0 Å². The Morgan fingerprint density at radius 2 is 2.10 bits per heavy atom. The summed E-state index contributed by atoms with van der Waals surface area (Å²) in [4.78, 5) is 14.2. The summed E-state index contributed by atoms with van der Waals surface area (Å²) in [6.45, 7) is 5.75. The molecule has 21 heavy (non-hydrogen) atoms. The lowest BCUT2D eigenvalue weighted by molar-refractivity contribution is -0.125. The Bertz CT molecular complexity index is 456. The van der Waals surface area contributed by atoms with Gasteiger partial charge in [0.25, 0.3) is 0 Å². The van der Waals surface area contributed by atoms with Gasteiger partial charge in [-0.3, -0.25) is 9.69 Å². The van der Waals surface area contributed by atoms with Crippen LogP contribution in [0.1, 0.15) is 32.3 Å². The molecule has 0 aromatic heterocycles. The molecule has 1 saturated heterocycles. The highest BCUT2D eigenvalue weighted by atomic mass is 16.5. The standard InChI is InChI=1S/C17H26N2O2/c1-13(2)21-15-8-6-14(7-9-15)10-11-18-17(20)16-5-4-12-19(16)3/h6-9,13,16H,4-5,10-12H2,1-3H3,(H,18,20)/t16-/m1/s1. The lowest BCUT2D eigenvalue weighted by Gasteiger charge is -2.18. The number of hydrogen-bond acceptors (Lipinski definition) is 3. The summed E-state index contributed by atoms with van der Waals surface area (Å²) in [5.41, 5.74) is 1.21. The van der Waals surface area contributed by atoms with E-state index in [0.29, 0.717) is 6.54 Å². The Balaban J connectivity index is 1.74. The number of nitrogens with zero attached hydrogens (tertiary/aromatic N) is 1. The van der Waals surface area contributed by atoms with Crippen LogP contribution in [-0.2, 0) is 11.2 Å². The molecule has 1 heterocycles. The van der Waals surface area contributed by atoms with Crippen LogP contribution in [0.4, 0.5) is 0 Å². The zero-order chi connectivity index (χ0) is 15.2. The van der Waals surface area contributed by atoms with Crippen molar-refractivity contribution in [2.45, 2.75) is 45.3 Å². The van der Waals surface area contributed by atoms with Crippen molar-refractivity contribution in [3.8, 4) is 5.75 Å². The molecule has 1 amide bonds. The summed E-state index contributed by atoms with van der Waals surface area (Å²) < 4.78 is 5.62. The summed E-state index contributed by atoms with van der Waals surface area (Å²) >= 11 is 0. The lowest BCUT2D eigenvalue weighted by atomic mass is 10.1. The highest BCUT2D eigenvalue weighted by Crippen LogP contribution is 2.15. The number of likely N-dealkylation sites (N-methyl/N-ethyl adjacent to an activating group) is 1.